The molecule has 0 fully saturated rings. The van der Waals surface area contributed by atoms with Crippen molar-refractivity contribution in [2.45, 2.75) is 39.3 Å². The Morgan fingerprint density at radius 1 is 1.18 bits per heavy atom. The van der Waals surface area contributed by atoms with Crippen molar-refractivity contribution in [3.8, 4) is 0 Å². The highest BCUT2D eigenvalue weighted by molar-refractivity contribution is 5.99. The molecule has 4 heteroatoms. The number of hydrogen-bond acceptors (Lipinski definition) is 2. The van der Waals surface area contributed by atoms with Gasteiger partial charge in [-0.2, -0.15) is 0 Å². The fourth-order valence-corrected chi connectivity index (χ4v) is 4.23. The highest BCUT2D eigenvalue weighted by atomic mass is 16.1. The van der Waals surface area contributed by atoms with Gasteiger partial charge in [-0.05, 0) is 74.2 Å². The van der Waals surface area contributed by atoms with Gasteiger partial charge >= 0.3 is 0 Å². The summed E-state index contributed by atoms with van der Waals surface area (Å²) in [5.74, 6) is 0.692. The molecule has 1 atom stereocenters. The number of nitrogens with one attached hydrogen (secondary N) is 2. The summed E-state index contributed by atoms with van der Waals surface area (Å²) >= 11 is 0. The molecule has 0 aliphatic heterocycles. The second-order valence-electron chi connectivity index (χ2n) is 8.38. The Morgan fingerprint density at radius 2 is 1.96 bits per heavy atom. The number of aryl methyl sites for hydroxylation is 1. The van der Waals surface area contributed by atoms with Crippen molar-refractivity contribution >= 4 is 16.8 Å². The van der Waals surface area contributed by atoms with Gasteiger partial charge in [0.1, 0.15) is 0 Å². The summed E-state index contributed by atoms with van der Waals surface area (Å²) in [6.45, 7) is 3.72. The molecule has 2 N–H and O–H groups in total. The largest absolute Gasteiger partial charge is 0.358 e. The average molecular weight is 376 g/mol. The molecule has 1 unspecified atom stereocenters. The summed E-state index contributed by atoms with van der Waals surface area (Å²) in [4.78, 5) is 18.5. The second-order valence-corrected chi connectivity index (χ2v) is 8.38. The maximum Gasteiger partial charge on any atom is 0.251 e. The van der Waals surface area contributed by atoms with Gasteiger partial charge in [-0.1, -0.05) is 31.2 Å². The molecule has 4 rings (SSSR count). The van der Waals surface area contributed by atoms with Gasteiger partial charge in [0.15, 0.2) is 0 Å². The Kier molecular flexibility index (Phi) is 5.23. The van der Waals surface area contributed by atoms with E-state index in [1.54, 1.807) is 0 Å². The van der Waals surface area contributed by atoms with Crippen molar-refractivity contribution in [2.24, 2.45) is 5.92 Å². The summed E-state index contributed by atoms with van der Waals surface area (Å²) in [5, 5.41) is 4.32. The molecule has 146 valence electrons. The molecular formula is C24H29N3O. The number of carbonyl (C=O) groups is 1. The van der Waals surface area contributed by atoms with Gasteiger partial charge in [0, 0.05) is 35.2 Å². The lowest BCUT2D eigenvalue weighted by molar-refractivity contribution is 0.0951. The molecule has 0 bridgehead atoms. The monoisotopic (exact) mass is 375 g/mol. The lowest BCUT2D eigenvalue weighted by Gasteiger charge is -2.18. The standard InChI is InChI=1S/C24H29N3O/c1-16-8-10-22-20(12-16)21-13-17(9-11-23(21)26-22)24(28)25-14-18-6-4-5-7-19(18)15-27(2)3/h4-7,9,11,13,16,26H,8,10,12,14-15H2,1-3H3,(H,25,28). The lowest BCUT2D eigenvalue weighted by atomic mass is 9.87. The summed E-state index contributed by atoms with van der Waals surface area (Å²) in [6.07, 6.45) is 3.44. The molecule has 1 heterocycles. The number of nitrogens with zero attached hydrogens (tertiary/aromatic N) is 1. The van der Waals surface area contributed by atoms with Crippen LogP contribution in [0.1, 0.15) is 46.1 Å². The van der Waals surface area contributed by atoms with Crippen molar-refractivity contribution in [1.29, 1.82) is 0 Å². The van der Waals surface area contributed by atoms with Crippen molar-refractivity contribution in [2.75, 3.05) is 14.1 Å². The zero-order chi connectivity index (χ0) is 19.7. The van der Waals surface area contributed by atoms with Crippen LogP contribution in [0.5, 0.6) is 0 Å². The Balaban J connectivity index is 1.53. The molecule has 1 aliphatic carbocycles. The lowest BCUT2D eigenvalue weighted by Crippen LogP contribution is -2.24. The number of amides is 1. The van der Waals surface area contributed by atoms with E-state index in [4.69, 9.17) is 0 Å². The van der Waals surface area contributed by atoms with E-state index in [-0.39, 0.29) is 5.91 Å². The zero-order valence-corrected chi connectivity index (χ0v) is 17.0. The first-order valence-electron chi connectivity index (χ1n) is 10.1. The van der Waals surface area contributed by atoms with Crippen molar-refractivity contribution in [3.63, 3.8) is 0 Å². The fourth-order valence-electron chi connectivity index (χ4n) is 4.23. The van der Waals surface area contributed by atoms with Gasteiger partial charge in [0.2, 0.25) is 0 Å². The van der Waals surface area contributed by atoms with E-state index >= 15 is 0 Å². The van der Waals surface area contributed by atoms with Crippen LogP contribution < -0.4 is 5.32 Å². The van der Waals surface area contributed by atoms with E-state index in [0.717, 1.165) is 30.5 Å². The van der Waals surface area contributed by atoms with Crippen LogP contribution in [0.15, 0.2) is 42.5 Å². The molecule has 3 aromatic rings. The van der Waals surface area contributed by atoms with Crippen LogP contribution >= 0.6 is 0 Å². The molecule has 4 nitrogen and oxygen atoms in total. The molecule has 1 aliphatic rings. The SMILES string of the molecule is CC1CCc2[nH]c3ccc(C(=O)NCc4ccccc4CN(C)C)cc3c2C1. The van der Waals surface area contributed by atoms with Crippen LogP contribution in [0.25, 0.3) is 10.9 Å². The molecule has 1 amide bonds. The predicted octanol–water partition coefficient (Wildman–Crippen LogP) is 4.28. The van der Waals surface area contributed by atoms with Crippen LogP contribution in [0, 0.1) is 5.92 Å². The summed E-state index contributed by atoms with van der Waals surface area (Å²) in [5.41, 5.74) is 7.04. The van der Waals surface area contributed by atoms with E-state index in [2.05, 4.69) is 54.4 Å². The third-order valence-corrected chi connectivity index (χ3v) is 5.74. The van der Waals surface area contributed by atoms with Gasteiger partial charge in [0.25, 0.3) is 5.91 Å². The first-order valence-corrected chi connectivity index (χ1v) is 10.1. The summed E-state index contributed by atoms with van der Waals surface area (Å²) in [6, 6.07) is 14.3. The first-order chi connectivity index (χ1) is 13.5. The topological polar surface area (TPSA) is 48.1 Å². The van der Waals surface area contributed by atoms with Gasteiger partial charge in [0.05, 0.1) is 0 Å². The number of rotatable bonds is 5. The second kappa shape index (κ2) is 7.80. The number of carbonyl (C=O) groups excluding carboxylic acids is 1. The number of benzene rings is 2. The van der Waals surface area contributed by atoms with Gasteiger partial charge in [-0.15, -0.1) is 0 Å². The fraction of sp³-hybridized carbons (Fsp3) is 0.375. The molecule has 0 spiro atoms. The minimum Gasteiger partial charge on any atom is -0.358 e. The Labute approximate surface area is 166 Å². The van der Waals surface area contributed by atoms with Crippen LogP contribution in [0.4, 0.5) is 0 Å². The minimum atomic E-state index is -0.0136. The van der Waals surface area contributed by atoms with Gasteiger partial charge < -0.3 is 15.2 Å². The Hall–Kier alpha value is -2.59. The Morgan fingerprint density at radius 3 is 2.75 bits per heavy atom. The third-order valence-electron chi connectivity index (χ3n) is 5.74. The maximum absolute atomic E-state index is 12.8. The smallest absolute Gasteiger partial charge is 0.251 e. The first kappa shape index (κ1) is 18.8. The highest BCUT2D eigenvalue weighted by Crippen LogP contribution is 2.32. The number of aromatic nitrogens is 1. The van der Waals surface area contributed by atoms with Crippen molar-refractivity contribution in [1.82, 2.24) is 15.2 Å². The van der Waals surface area contributed by atoms with E-state index in [1.165, 1.54) is 34.2 Å². The van der Waals surface area contributed by atoms with E-state index in [9.17, 15) is 4.79 Å². The van der Waals surface area contributed by atoms with Gasteiger partial charge in [-0.25, -0.2) is 0 Å². The molecular weight excluding hydrogens is 346 g/mol. The molecule has 0 radical (unpaired) electrons. The van der Waals surface area contributed by atoms with Crippen LogP contribution in [0.3, 0.4) is 0 Å². The summed E-state index contributed by atoms with van der Waals surface area (Å²) in [7, 11) is 4.12. The molecule has 2 aromatic carbocycles. The molecule has 28 heavy (non-hydrogen) atoms. The van der Waals surface area contributed by atoms with Crippen LogP contribution in [0.2, 0.25) is 0 Å². The van der Waals surface area contributed by atoms with Crippen molar-refractivity contribution in [3.05, 3.63) is 70.4 Å². The molecule has 0 saturated heterocycles. The zero-order valence-electron chi connectivity index (χ0n) is 17.0. The van der Waals surface area contributed by atoms with Crippen molar-refractivity contribution < 1.29 is 4.79 Å². The Bertz CT molecular complexity index is 1000. The van der Waals surface area contributed by atoms with E-state index in [0.29, 0.717) is 12.5 Å². The normalized spacial score (nSPS) is 16.4. The quantitative estimate of drug-likeness (QED) is 0.699. The molecule has 1 aromatic heterocycles. The summed E-state index contributed by atoms with van der Waals surface area (Å²) < 4.78 is 0. The van der Waals surface area contributed by atoms with Crippen LogP contribution in [-0.4, -0.2) is 29.9 Å². The number of H-pyrrole nitrogens is 1. The molecule has 0 saturated carbocycles. The third kappa shape index (κ3) is 3.83. The van der Waals surface area contributed by atoms with Crippen LogP contribution in [-0.2, 0) is 25.9 Å². The number of fused-ring (bicyclic) bond motifs is 3. The maximum atomic E-state index is 12.8. The van der Waals surface area contributed by atoms with E-state index in [1.807, 2.05) is 24.3 Å². The minimum absolute atomic E-state index is 0.0136. The average Bonchev–Trinajstić information content (AvgIpc) is 3.03. The number of hydrogen-bond donors (Lipinski definition) is 2. The number of aromatic amines is 1. The predicted molar refractivity (Wildman–Crippen MR) is 114 cm³/mol. The highest BCUT2D eigenvalue weighted by Gasteiger charge is 2.20. The van der Waals surface area contributed by atoms with E-state index < -0.39 is 0 Å². The van der Waals surface area contributed by atoms with Gasteiger partial charge in [-0.3, -0.25) is 4.79 Å².